The summed E-state index contributed by atoms with van der Waals surface area (Å²) in [4.78, 5) is 45.4. The fourth-order valence-electron chi connectivity index (χ4n) is 5.08. The molecule has 0 spiro atoms. The quantitative estimate of drug-likeness (QED) is 0.170. The fourth-order valence-corrected chi connectivity index (χ4v) is 6.09. The first-order valence-corrected chi connectivity index (χ1v) is 14.1. The molecule has 3 heterocycles. The molecule has 11 heteroatoms. The topological polar surface area (TPSA) is 124 Å². The van der Waals surface area contributed by atoms with E-state index < -0.39 is 23.7 Å². The Morgan fingerprint density at radius 1 is 1.12 bits per heavy atom. The summed E-state index contributed by atoms with van der Waals surface area (Å²) in [6, 6.07) is 9.20. The number of amides is 1. The maximum absolute atomic E-state index is 13.6. The van der Waals surface area contributed by atoms with E-state index in [1.54, 1.807) is 43.3 Å². The van der Waals surface area contributed by atoms with E-state index in [-0.39, 0.29) is 27.4 Å². The van der Waals surface area contributed by atoms with Gasteiger partial charge in [0.1, 0.15) is 22.5 Å². The summed E-state index contributed by atoms with van der Waals surface area (Å²) in [6.07, 6.45) is 0.644. The second kappa shape index (κ2) is 11.2. The Bertz CT molecular complexity index is 1580. The second-order valence-corrected chi connectivity index (χ2v) is 10.6. The largest absolute Gasteiger partial charge is 0.507 e. The minimum atomic E-state index is -1.07. The molecule has 0 saturated carbocycles. The highest BCUT2D eigenvalue weighted by atomic mass is 32.1. The number of ketones is 1. The molecule has 0 radical (unpaired) electrons. The zero-order valence-corrected chi connectivity index (χ0v) is 24.2. The second-order valence-electron chi connectivity index (χ2n) is 9.60. The van der Waals surface area contributed by atoms with Crippen LogP contribution in [0, 0.1) is 6.92 Å². The number of ether oxygens (including phenoxy) is 4. The maximum Gasteiger partial charge on any atom is 0.350 e. The molecule has 0 aliphatic carbocycles. The normalized spacial score (nSPS) is 19.2. The van der Waals surface area contributed by atoms with Crippen molar-refractivity contribution < 1.29 is 38.4 Å². The number of aliphatic hydroxyl groups is 1. The lowest BCUT2D eigenvalue weighted by Crippen LogP contribution is -2.29. The van der Waals surface area contributed by atoms with E-state index >= 15 is 0 Å². The number of rotatable bonds is 8. The van der Waals surface area contributed by atoms with Gasteiger partial charge < -0.3 is 24.1 Å². The zero-order chi connectivity index (χ0) is 29.4. The van der Waals surface area contributed by atoms with Crippen LogP contribution in [0.4, 0.5) is 5.13 Å². The van der Waals surface area contributed by atoms with Gasteiger partial charge >= 0.3 is 11.9 Å². The third-order valence-electron chi connectivity index (χ3n) is 6.86. The van der Waals surface area contributed by atoms with Gasteiger partial charge in [0.25, 0.3) is 5.78 Å². The molecule has 2 aliphatic heterocycles. The van der Waals surface area contributed by atoms with Gasteiger partial charge in [0.05, 0.1) is 37.6 Å². The number of hydrogen-bond donors (Lipinski definition) is 1. The summed E-state index contributed by atoms with van der Waals surface area (Å²) >= 11 is 0.936. The summed E-state index contributed by atoms with van der Waals surface area (Å²) in [5.41, 5.74) is 2.01. The van der Waals surface area contributed by atoms with Gasteiger partial charge in [-0.25, -0.2) is 9.78 Å². The molecule has 1 fully saturated rings. The zero-order valence-electron chi connectivity index (χ0n) is 23.3. The van der Waals surface area contributed by atoms with Crippen molar-refractivity contribution in [3.8, 4) is 17.2 Å². The highest BCUT2D eigenvalue weighted by molar-refractivity contribution is 7.17. The summed E-state index contributed by atoms with van der Waals surface area (Å²) in [5.74, 6) is -1.05. The van der Waals surface area contributed by atoms with Crippen LogP contribution in [0.3, 0.4) is 0 Å². The Morgan fingerprint density at radius 2 is 1.85 bits per heavy atom. The molecule has 1 N–H and O–H groups in total. The minimum Gasteiger partial charge on any atom is -0.507 e. The summed E-state index contributed by atoms with van der Waals surface area (Å²) in [7, 11) is 1.25. The Balaban J connectivity index is 1.71. The van der Waals surface area contributed by atoms with Crippen molar-refractivity contribution in [3.05, 3.63) is 69.2 Å². The minimum absolute atomic E-state index is 0.00836. The number of thiazole rings is 1. The molecular formula is C30H30N2O8S. The molecule has 214 valence electrons. The number of benzene rings is 2. The highest BCUT2D eigenvalue weighted by Crippen LogP contribution is 2.46. The Morgan fingerprint density at radius 3 is 2.56 bits per heavy atom. The number of hydrogen-bond acceptors (Lipinski definition) is 10. The standard InChI is InChI=1S/C30H30N2O8S/c1-6-38-21-11-8-17(14-22(21)39-7-2)24-23(25(33)18-9-10-20-19(13-18)12-15(3)40-20)26(34)28(35)32(24)30-31-16(4)27(41-30)29(36)37-5/h8-11,13-15,24,33H,6-7,12H2,1-5H3/t15-,24+/m1/s1. The van der Waals surface area contributed by atoms with Crippen molar-refractivity contribution in [1.82, 2.24) is 4.98 Å². The van der Waals surface area contributed by atoms with E-state index in [0.717, 1.165) is 16.9 Å². The van der Waals surface area contributed by atoms with Gasteiger partial charge in [-0.1, -0.05) is 17.4 Å². The van der Waals surface area contributed by atoms with E-state index in [2.05, 4.69) is 4.98 Å². The van der Waals surface area contributed by atoms with Gasteiger partial charge in [-0.15, -0.1) is 0 Å². The van der Waals surface area contributed by atoms with E-state index in [0.29, 0.717) is 53.7 Å². The molecular weight excluding hydrogens is 548 g/mol. The molecule has 3 aromatic rings. The number of esters is 1. The Labute approximate surface area is 241 Å². The third kappa shape index (κ3) is 5.01. The van der Waals surface area contributed by atoms with Crippen molar-refractivity contribution in [2.75, 3.05) is 25.2 Å². The van der Waals surface area contributed by atoms with E-state index in [1.165, 1.54) is 12.0 Å². The lowest BCUT2D eigenvalue weighted by Gasteiger charge is -2.24. The molecule has 1 aromatic heterocycles. The van der Waals surface area contributed by atoms with Gasteiger partial charge in [-0.3, -0.25) is 14.5 Å². The molecule has 2 aliphatic rings. The number of carbonyl (C=O) groups excluding carboxylic acids is 3. The summed E-state index contributed by atoms with van der Waals surface area (Å²) in [6.45, 7) is 8.02. The van der Waals surface area contributed by atoms with Crippen molar-refractivity contribution in [2.45, 2.75) is 46.3 Å². The number of methoxy groups -OCH3 is 1. The van der Waals surface area contributed by atoms with Crippen LogP contribution >= 0.6 is 11.3 Å². The number of anilines is 1. The summed E-state index contributed by atoms with van der Waals surface area (Å²) in [5, 5.41) is 11.7. The first-order chi connectivity index (χ1) is 19.7. The van der Waals surface area contributed by atoms with E-state index in [4.69, 9.17) is 18.9 Å². The van der Waals surface area contributed by atoms with Crippen molar-refractivity contribution >= 4 is 39.9 Å². The van der Waals surface area contributed by atoms with Crippen LogP contribution < -0.4 is 19.1 Å². The Kier molecular flexibility index (Phi) is 7.72. The molecule has 2 atom stereocenters. The van der Waals surface area contributed by atoms with E-state index in [1.807, 2.05) is 20.8 Å². The molecule has 1 saturated heterocycles. The fraction of sp³-hybridized carbons (Fsp3) is 0.333. The number of carbonyl (C=O) groups is 3. The predicted molar refractivity (Wildman–Crippen MR) is 152 cm³/mol. The molecule has 41 heavy (non-hydrogen) atoms. The number of aromatic nitrogens is 1. The van der Waals surface area contributed by atoms with Gasteiger partial charge in [-0.05, 0) is 69.2 Å². The smallest absolute Gasteiger partial charge is 0.350 e. The molecule has 5 rings (SSSR count). The number of Topliss-reactive ketones (excluding diaryl/α,β-unsaturated/α-hetero) is 1. The Hall–Kier alpha value is -4.38. The lowest BCUT2D eigenvalue weighted by atomic mass is 9.94. The number of fused-ring (bicyclic) bond motifs is 1. The first-order valence-electron chi connectivity index (χ1n) is 13.2. The number of aryl methyl sites for hydroxylation is 1. The average molecular weight is 579 g/mol. The van der Waals surface area contributed by atoms with Crippen LogP contribution in [0.1, 0.15) is 58.9 Å². The van der Waals surface area contributed by atoms with Gasteiger partial charge in [0, 0.05) is 12.0 Å². The highest BCUT2D eigenvalue weighted by Gasteiger charge is 2.48. The molecule has 0 unspecified atom stereocenters. The average Bonchev–Trinajstić information content (AvgIpc) is 3.60. The first kappa shape index (κ1) is 28.2. The van der Waals surface area contributed by atoms with Crippen LogP contribution in [0.15, 0.2) is 42.0 Å². The third-order valence-corrected chi connectivity index (χ3v) is 8.00. The van der Waals surface area contributed by atoms with Gasteiger partial charge in [0.15, 0.2) is 16.6 Å². The molecule has 1 amide bonds. The van der Waals surface area contributed by atoms with Crippen molar-refractivity contribution in [3.63, 3.8) is 0 Å². The van der Waals surface area contributed by atoms with Crippen LogP contribution in [0.25, 0.3) is 5.76 Å². The van der Waals surface area contributed by atoms with E-state index in [9.17, 15) is 19.5 Å². The maximum atomic E-state index is 13.6. The monoisotopic (exact) mass is 578 g/mol. The molecule has 2 aromatic carbocycles. The van der Waals surface area contributed by atoms with Crippen LogP contribution in [-0.4, -0.2) is 54.2 Å². The predicted octanol–water partition coefficient (Wildman–Crippen LogP) is 4.99. The summed E-state index contributed by atoms with van der Waals surface area (Å²) < 4.78 is 22.2. The van der Waals surface area contributed by atoms with Gasteiger partial charge in [-0.2, -0.15) is 0 Å². The number of nitrogens with zero attached hydrogens (tertiary/aromatic N) is 2. The van der Waals surface area contributed by atoms with Crippen LogP contribution in [0.2, 0.25) is 0 Å². The van der Waals surface area contributed by atoms with Crippen molar-refractivity contribution in [2.24, 2.45) is 0 Å². The molecule has 10 nitrogen and oxygen atoms in total. The van der Waals surface area contributed by atoms with Crippen LogP contribution in [-0.2, 0) is 20.7 Å². The van der Waals surface area contributed by atoms with Gasteiger partial charge in [0.2, 0.25) is 0 Å². The number of aliphatic hydroxyl groups excluding tert-OH is 1. The van der Waals surface area contributed by atoms with Crippen LogP contribution in [0.5, 0.6) is 17.2 Å². The lowest BCUT2D eigenvalue weighted by molar-refractivity contribution is -0.132. The SMILES string of the molecule is CCOc1ccc([C@H]2C(=C(O)c3ccc4c(c3)C[C@@H](C)O4)C(=O)C(=O)N2c2nc(C)c(C(=O)OC)s2)cc1OCC. The van der Waals surface area contributed by atoms with Crippen molar-refractivity contribution in [1.29, 1.82) is 0 Å². The molecule has 0 bridgehead atoms.